The van der Waals surface area contributed by atoms with Crippen LogP contribution in [0, 0.1) is 6.92 Å². The highest BCUT2D eigenvalue weighted by Crippen LogP contribution is 2.34. The van der Waals surface area contributed by atoms with Gasteiger partial charge in [-0.2, -0.15) is 4.98 Å². The second kappa shape index (κ2) is 8.63. The van der Waals surface area contributed by atoms with Gasteiger partial charge in [-0.1, -0.05) is 30.4 Å². The molecule has 3 aromatic rings. The minimum atomic E-state index is -3.47. The van der Waals surface area contributed by atoms with E-state index in [4.69, 9.17) is 4.74 Å². The number of para-hydroxylation sites is 1. The number of hydrogen-bond acceptors (Lipinski definition) is 7. The maximum Gasteiger partial charge on any atom is 0.229 e. The van der Waals surface area contributed by atoms with Crippen LogP contribution in [0.4, 0.5) is 23.1 Å². The number of fused-ring (bicyclic) bond motifs is 1. The largest absolute Gasteiger partial charge is 0.495 e. The molecule has 0 atom stereocenters. The van der Waals surface area contributed by atoms with Gasteiger partial charge in [0.15, 0.2) is 9.84 Å². The van der Waals surface area contributed by atoms with Crippen molar-refractivity contribution in [2.24, 2.45) is 0 Å². The molecular weight excluding hydrogens is 424 g/mol. The van der Waals surface area contributed by atoms with E-state index >= 15 is 0 Å². The van der Waals surface area contributed by atoms with Gasteiger partial charge in [0, 0.05) is 12.0 Å². The molecule has 7 nitrogen and oxygen atoms in total. The number of aryl methyl sites for hydroxylation is 1. The van der Waals surface area contributed by atoms with Gasteiger partial charge in [0.05, 0.1) is 34.3 Å². The van der Waals surface area contributed by atoms with Crippen LogP contribution in [0.25, 0.3) is 6.08 Å². The number of nitrogens with one attached hydrogen (secondary N) is 2. The van der Waals surface area contributed by atoms with E-state index < -0.39 is 15.1 Å². The molecule has 166 valence electrons. The first-order valence-corrected chi connectivity index (χ1v) is 11.9. The summed E-state index contributed by atoms with van der Waals surface area (Å²) in [6.45, 7) is 5.35. The van der Waals surface area contributed by atoms with Crippen LogP contribution in [-0.2, 0) is 16.3 Å². The van der Waals surface area contributed by atoms with E-state index in [1.165, 1.54) is 0 Å². The van der Waals surface area contributed by atoms with Crippen molar-refractivity contribution < 1.29 is 13.2 Å². The molecule has 0 saturated carbocycles. The summed E-state index contributed by atoms with van der Waals surface area (Å²) in [4.78, 5) is 9.58. The van der Waals surface area contributed by atoms with Crippen LogP contribution in [0.3, 0.4) is 0 Å². The van der Waals surface area contributed by atoms with E-state index in [1.807, 2.05) is 37.3 Å². The highest BCUT2D eigenvalue weighted by atomic mass is 32.2. The molecule has 0 amide bonds. The zero-order chi connectivity index (χ0) is 22.9. The fraction of sp³-hybridized carbons (Fsp3) is 0.250. The van der Waals surface area contributed by atoms with Crippen LogP contribution in [0.15, 0.2) is 53.4 Å². The molecule has 1 heterocycles. The molecule has 8 heteroatoms. The third-order valence-electron chi connectivity index (χ3n) is 5.29. The number of sulfone groups is 1. The number of rotatable bonds is 7. The first kappa shape index (κ1) is 21.8. The molecule has 0 fully saturated rings. The van der Waals surface area contributed by atoms with Crippen molar-refractivity contribution in [3.63, 3.8) is 0 Å². The number of ether oxygens (including phenoxy) is 1. The summed E-state index contributed by atoms with van der Waals surface area (Å²) in [5.41, 5.74) is 4.03. The summed E-state index contributed by atoms with van der Waals surface area (Å²) in [6, 6.07) is 12.7. The zero-order valence-corrected chi connectivity index (χ0v) is 19.3. The van der Waals surface area contributed by atoms with Crippen LogP contribution in [0.5, 0.6) is 5.75 Å². The standard InChI is InChI=1S/C24H26N4O3S/c1-15(2)32(29,30)22-11-6-5-9-19(22)25-23-17-8-7-10-18(17)26-24(28-23)27-20-14-16(3)12-13-21(20)31-4/h5-9,11-15H,10H2,1-4H3,(H2,25,26,27,28). The van der Waals surface area contributed by atoms with Crippen LogP contribution >= 0.6 is 0 Å². The third-order valence-corrected chi connectivity index (χ3v) is 7.50. The Labute approximate surface area is 188 Å². The number of nitrogens with zero attached hydrogens (tertiary/aromatic N) is 2. The summed E-state index contributed by atoms with van der Waals surface area (Å²) in [5.74, 6) is 1.63. The van der Waals surface area contributed by atoms with Gasteiger partial charge in [-0.25, -0.2) is 13.4 Å². The number of benzene rings is 2. The van der Waals surface area contributed by atoms with Crippen molar-refractivity contribution >= 4 is 39.1 Å². The topological polar surface area (TPSA) is 93.2 Å². The Bertz CT molecular complexity index is 1300. The zero-order valence-electron chi connectivity index (χ0n) is 18.5. The monoisotopic (exact) mass is 450 g/mol. The summed E-state index contributed by atoms with van der Waals surface area (Å²) >= 11 is 0. The number of anilines is 4. The molecule has 1 aliphatic rings. The van der Waals surface area contributed by atoms with Gasteiger partial charge in [-0.15, -0.1) is 0 Å². The summed E-state index contributed by atoms with van der Waals surface area (Å²) in [6.07, 6.45) is 4.64. The lowest BCUT2D eigenvalue weighted by Gasteiger charge is -2.17. The molecule has 0 bridgehead atoms. The highest BCUT2D eigenvalue weighted by molar-refractivity contribution is 7.92. The molecule has 0 radical (unpaired) electrons. The first-order chi connectivity index (χ1) is 15.3. The van der Waals surface area contributed by atoms with Gasteiger partial charge < -0.3 is 15.4 Å². The van der Waals surface area contributed by atoms with Crippen molar-refractivity contribution in [1.82, 2.24) is 9.97 Å². The normalized spacial score (nSPS) is 12.7. The molecule has 1 aromatic heterocycles. The molecule has 2 N–H and O–H groups in total. The van der Waals surface area contributed by atoms with Gasteiger partial charge in [-0.05, 0) is 50.6 Å². The van der Waals surface area contributed by atoms with Crippen LogP contribution < -0.4 is 15.4 Å². The average molecular weight is 451 g/mol. The smallest absolute Gasteiger partial charge is 0.229 e. The van der Waals surface area contributed by atoms with Crippen LogP contribution in [0.2, 0.25) is 0 Å². The first-order valence-electron chi connectivity index (χ1n) is 10.4. The van der Waals surface area contributed by atoms with E-state index in [9.17, 15) is 8.42 Å². The number of methoxy groups -OCH3 is 1. The van der Waals surface area contributed by atoms with Gasteiger partial charge in [-0.3, -0.25) is 0 Å². The Morgan fingerprint density at radius 1 is 1.03 bits per heavy atom. The highest BCUT2D eigenvalue weighted by Gasteiger charge is 2.24. The van der Waals surface area contributed by atoms with Crippen molar-refractivity contribution in [2.75, 3.05) is 17.7 Å². The fourth-order valence-corrected chi connectivity index (χ4v) is 4.73. The summed E-state index contributed by atoms with van der Waals surface area (Å²) in [7, 11) is -1.86. The number of aromatic nitrogens is 2. The van der Waals surface area contributed by atoms with Gasteiger partial charge in [0.25, 0.3) is 0 Å². The molecule has 32 heavy (non-hydrogen) atoms. The van der Waals surface area contributed by atoms with E-state index in [0.717, 1.165) is 22.5 Å². The lowest BCUT2D eigenvalue weighted by atomic mass is 10.2. The van der Waals surface area contributed by atoms with Crippen molar-refractivity contribution in [3.05, 3.63) is 65.4 Å². The second-order valence-corrected chi connectivity index (χ2v) is 10.4. The molecule has 2 aromatic carbocycles. The number of hydrogen-bond donors (Lipinski definition) is 2. The Hall–Kier alpha value is -3.39. The molecule has 0 saturated heterocycles. The second-order valence-electron chi connectivity index (χ2n) is 7.91. The minimum absolute atomic E-state index is 0.249. The fourth-order valence-electron chi connectivity index (χ4n) is 3.53. The van der Waals surface area contributed by atoms with E-state index in [0.29, 0.717) is 29.6 Å². The molecule has 0 aliphatic heterocycles. The average Bonchev–Trinajstić information content (AvgIpc) is 3.23. The van der Waals surface area contributed by atoms with E-state index in [-0.39, 0.29) is 4.90 Å². The lowest BCUT2D eigenvalue weighted by molar-refractivity contribution is 0.416. The molecular formula is C24H26N4O3S. The van der Waals surface area contributed by atoms with Crippen molar-refractivity contribution in [1.29, 1.82) is 0 Å². The Kier molecular flexibility index (Phi) is 5.88. The van der Waals surface area contributed by atoms with Gasteiger partial charge in [0.1, 0.15) is 11.6 Å². The Balaban J connectivity index is 1.75. The van der Waals surface area contributed by atoms with Crippen LogP contribution in [0.1, 0.15) is 30.7 Å². The lowest BCUT2D eigenvalue weighted by Crippen LogP contribution is -2.16. The van der Waals surface area contributed by atoms with Gasteiger partial charge in [0.2, 0.25) is 5.95 Å². The summed E-state index contributed by atoms with van der Waals surface area (Å²) in [5, 5.41) is 5.96. The predicted octanol–water partition coefficient (Wildman–Crippen LogP) is 5.03. The van der Waals surface area contributed by atoms with E-state index in [2.05, 4.69) is 20.6 Å². The van der Waals surface area contributed by atoms with Gasteiger partial charge >= 0.3 is 0 Å². The SMILES string of the molecule is COc1ccc(C)cc1Nc1nc2c(c(Nc3ccccc3S(=O)(=O)C(C)C)n1)C=CC2. The van der Waals surface area contributed by atoms with Crippen molar-refractivity contribution in [3.8, 4) is 5.75 Å². The Morgan fingerprint density at radius 2 is 1.81 bits per heavy atom. The van der Waals surface area contributed by atoms with E-state index in [1.54, 1.807) is 45.2 Å². The molecule has 1 aliphatic carbocycles. The molecule has 4 rings (SSSR count). The Morgan fingerprint density at radius 3 is 2.56 bits per heavy atom. The maximum atomic E-state index is 12.9. The van der Waals surface area contributed by atoms with Crippen LogP contribution in [-0.4, -0.2) is 30.7 Å². The minimum Gasteiger partial charge on any atom is -0.495 e. The van der Waals surface area contributed by atoms with Crippen molar-refractivity contribution in [2.45, 2.75) is 37.3 Å². The summed E-state index contributed by atoms with van der Waals surface area (Å²) < 4.78 is 31.2. The molecule has 0 spiro atoms. The quantitative estimate of drug-likeness (QED) is 0.521. The number of allylic oxidation sites excluding steroid dienone is 1. The molecule has 0 unspecified atom stereocenters. The maximum absolute atomic E-state index is 12.9. The predicted molar refractivity (Wildman–Crippen MR) is 128 cm³/mol. The third kappa shape index (κ3) is 4.18.